The number of carbonyl (C=O) groups excluding carboxylic acids is 1. The van der Waals surface area contributed by atoms with Crippen LogP contribution >= 0.6 is 0 Å². The van der Waals surface area contributed by atoms with Gasteiger partial charge in [-0.05, 0) is 58.5 Å². The van der Waals surface area contributed by atoms with Gasteiger partial charge in [-0.3, -0.25) is 0 Å². The van der Waals surface area contributed by atoms with E-state index in [2.05, 4.69) is 49.4 Å². The Hall–Kier alpha value is -3.33. The maximum absolute atomic E-state index is 11.7. The van der Waals surface area contributed by atoms with Crippen molar-refractivity contribution in [1.82, 2.24) is 0 Å². The minimum atomic E-state index is -0.300. The Balaban J connectivity index is 1.72. The van der Waals surface area contributed by atoms with Gasteiger partial charge in [-0.25, -0.2) is 4.79 Å². The van der Waals surface area contributed by atoms with Crippen molar-refractivity contribution in [2.75, 3.05) is 13.7 Å². The van der Waals surface area contributed by atoms with Gasteiger partial charge in [0.25, 0.3) is 0 Å². The minimum Gasteiger partial charge on any atom is -0.497 e. The number of carbonyl (C=O) groups is 1. The third kappa shape index (κ3) is 5.82. The van der Waals surface area contributed by atoms with Crippen LogP contribution in [0, 0.1) is 0 Å². The van der Waals surface area contributed by atoms with Crippen molar-refractivity contribution in [3.8, 4) is 28.0 Å². The van der Waals surface area contributed by atoms with Crippen molar-refractivity contribution >= 4 is 12.0 Å². The Morgan fingerprint density at radius 3 is 2.17 bits per heavy atom. The summed E-state index contributed by atoms with van der Waals surface area (Å²) in [6, 6.07) is 24.6. The molecule has 0 radical (unpaired) electrons. The molecule has 0 aliphatic rings. The second-order valence-electron chi connectivity index (χ2n) is 6.79. The first kappa shape index (κ1) is 20.4. The van der Waals surface area contributed by atoms with Gasteiger partial charge in [-0.1, -0.05) is 67.9 Å². The SMILES string of the molecule is CCCCOC(=O)/C=C/c1cccc(-c2ccc(-c3cccc(OC)c3)cc2)c1. The Kier molecular flexibility index (Phi) is 7.23. The molecule has 0 saturated carbocycles. The lowest BCUT2D eigenvalue weighted by atomic mass is 9.99. The average Bonchev–Trinajstić information content (AvgIpc) is 2.78. The zero-order valence-corrected chi connectivity index (χ0v) is 16.9. The molecular formula is C26H26O3. The Morgan fingerprint density at radius 1 is 0.862 bits per heavy atom. The third-order valence-corrected chi connectivity index (χ3v) is 4.66. The van der Waals surface area contributed by atoms with Crippen LogP contribution < -0.4 is 4.74 Å². The standard InChI is InChI=1S/C26H26O3/c1-3-4-17-29-26(27)16-11-20-7-5-8-23(18-20)21-12-14-22(15-13-21)24-9-6-10-25(19-24)28-2/h5-16,18-19H,3-4,17H2,1-2H3/b16-11+. The number of methoxy groups -OCH3 is 1. The largest absolute Gasteiger partial charge is 0.497 e. The van der Waals surface area contributed by atoms with Gasteiger partial charge in [0, 0.05) is 6.08 Å². The van der Waals surface area contributed by atoms with Crippen molar-refractivity contribution in [2.24, 2.45) is 0 Å². The maximum atomic E-state index is 11.7. The Morgan fingerprint density at radius 2 is 1.52 bits per heavy atom. The molecule has 0 saturated heterocycles. The molecule has 0 aromatic heterocycles. The van der Waals surface area contributed by atoms with Gasteiger partial charge in [-0.2, -0.15) is 0 Å². The zero-order valence-electron chi connectivity index (χ0n) is 16.9. The summed E-state index contributed by atoms with van der Waals surface area (Å²) < 4.78 is 10.5. The lowest BCUT2D eigenvalue weighted by Gasteiger charge is -2.07. The van der Waals surface area contributed by atoms with Crippen molar-refractivity contribution in [3.05, 3.63) is 84.4 Å². The van der Waals surface area contributed by atoms with Gasteiger partial charge in [0.05, 0.1) is 13.7 Å². The van der Waals surface area contributed by atoms with Gasteiger partial charge in [-0.15, -0.1) is 0 Å². The molecule has 3 aromatic rings. The fourth-order valence-electron chi connectivity index (χ4n) is 3.01. The molecule has 0 heterocycles. The summed E-state index contributed by atoms with van der Waals surface area (Å²) in [5.74, 6) is 0.547. The molecule has 0 N–H and O–H groups in total. The highest BCUT2D eigenvalue weighted by Gasteiger charge is 2.03. The molecule has 0 amide bonds. The highest BCUT2D eigenvalue weighted by molar-refractivity contribution is 5.87. The van der Waals surface area contributed by atoms with Crippen molar-refractivity contribution < 1.29 is 14.3 Å². The van der Waals surface area contributed by atoms with Crippen LogP contribution in [0.15, 0.2) is 78.9 Å². The normalized spacial score (nSPS) is 10.8. The molecule has 148 valence electrons. The van der Waals surface area contributed by atoms with Crippen LogP contribution in [-0.2, 0) is 9.53 Å². The predicted octanol–water partition coefficient (Wildman–Crippen LogP) is 6.39. The molecule has 3 nitrogen and oxygen atoms in total. The van der Waals surface area contributed by atoms with E-state index in [9.17, 15) is 4.79 Å². The quantitative estimate of drug-likeness (QED) is 0.256. The van der Waals surface area contributed by atoms with Gasteiger partial charge in [0.1, 0.15) is 5.75 Å². The lowest BCUT2D eigenvalue weighted by Crippen LogP contribution is -2.01. The number of hydrogen-bond donors (Lipinski definition) is 0. The first-order chi connectivity index (χ1) is 14.2. The smallest absolute Gasteiger partial charge is 0.330 e. The summed E-state index contributed by atoms with van der Waals surface area (Å²) in [6.07, 6.45) is 5.18. The molecule has 0 fully saturated rings. The van der Waals surface area contributed by atoms with Gasteiger partial charge in [0.2, 0.25) is 0 Å². The van der Waals surface area contributed by atoms with Crippen LogP contribution in [0.5, 0.6) is 5.75 Å². The van der Waals surface area contributed by atoms with E-state index in [1.165, 1.54) is 6.08 Å². The molecule has 0 bridgehead atoms. The summed E-state index contributed by atoms with van der Waals surface area (Å²) in [5.41, 5.74) is 5.45. The molecule has 0 unspecified atom stereocenters. The molecule has 29 heavy (non-hydrogen) atoms. The number of ether oxygens (including phenoxy) is 2. The molecule has 0 spiro atoms. The van der Waals surface area contributed by atoms with Crippen molar-refractivity contribution in [3.63, 3.8) is 0 Å². The van der Waals surface area contributed by atoms with Gasteiger partial charge < -0.3 is 9.47 Å². The van der Waals surface area contributed by atoms with Crippen molar-refractivity contribution in [2.45, 2.75) is 19.8 Å². The van der Waals surface area contributed by atoms with E-state index in [1.807, 2.05) is 30.3 Å². The fraction of sp³-hybridized carbons (Fsp3) is 0.192. The fourth-order valence-corrected chi connectivity index (χ4v) is 3.01. The van der Waals surface area contributed by atoms with Crippen LogP contribution in [-0.4, -0.2) is 19.7 Å². The number of benzene rings is 3. The molecule has 3 aromatic carbocycles. The van der Waals surface area contributed by atoms with E-state index in [0.29, 0.717) is 6.61 Å². The number of unbranched alkanes of at least 4 members (excludes halogenated alkanes) is 1. The molecule has 3 heteroatoms. The van der Waals surface area contributed by atoms with Crippen LogP contribution in [0.4, 0.5) is 0 Å². The maximum Gasteiger partial charge on any atom is 0.330 e. The zero-order chi connectivity index (χ0) is 20.5. The van der Waals surface area contributed by atoms with E-state index >= 15 is 0 Å². The molecule has 0 aliphatic heterocycles. The highest BCUT2D eigenvalue weighted by Crippen LogP contribution is 2.27. The Bertz CT molecular complexity index is 971. The average molecular weight is 386 g/mol. The Labute approximate surface area is 172 Å². The second kappa shape index (κ2) is 10.3. The number of hydrogen-bond acceptors (Lipinski definition) is 3. The summed E-state index contributed by atoms with van der Waals surface area (Å²) in [5, 5.41) is 0. The van der Waals surface area contributed by atoms with Crippen LogP contribution in [0.3, 0.4) is 0 Å². The number of esters is 1. The van der Waals surface area contributed by atoms with Crippen LogP contribution in [0.2, 0.25) is 0 Å². The molecule has 0 atom stereocenters. The van der Waals surface area contributed by atoms with E-state index < -0.39 is 0 Å². The summed E-state index contributed by atoms with van der Waals surface area (Å²) >= 11 is 0. The lowest BCUT2D eigenvalue weighted by molar-refractivity contribution is -0.137. The first-order valence-corrected chi connectivity index (χ1v) is 9.89. The van der Waals surface area contributed by atoms with Gasteiger partial charge >= 0.3 is 5.97 Å². The third-order valence-electron chi connectivity index (χ3n) is 4.66. The van der Waals surface area contributed by atoms with E-state index in [4.69, 9.17) is 9.47 Å². The second-order valence-corrected chi connectivity index (χ2v) is 6.79. The van der Waals surface area contributed by atoms with Crippen LogP contribution in [0.25, 0.3) is 28.3 Å². The first-order valence-electron chi connectivity index (χ1n) is 9.89. The van der Waals surface area contributed by atoms with E-state index in [1.54, 1.807) is 13.2 Å². The molecule has 0 aliphatic carbocycles. The van der Waals surface area contributed by atoms with E-state index in [-0.39, 0.29) is 5.97 Å². The minimum absolute atomic E-state index is 0.300. The topological polar surface area (TPSA) is 35.5 Å². The van der Waals surface area contributed by atoms with Crippen molar-refractivity contribution in [1.29, 1.82) is 0 Å². The van der Waals surface area contributed by atoms with Crippen LogP contribution in [0.1, 0.15) is 25.3 Å². The molecular weight excluding hydrogens is 360 g/mol. The highest BCUT2D eigenvalue weighted by atomic mass is 16.5. The number of rotatable bonds is 8. The summed E-state index contributed by atoms with van der Waals surface area (Å²) in [7, 11) is 1.68. The van der Waals surface area contributed by atoms with Gasteiger partial charge in [0.15, 0.2) is 0 Å². The summed E-state index contributed by atoms with van der Waals surface area (Å²) in [4.78, 5) is 11.7. The molecule has 3 rings (SSSR count). The monoisotopic (exact) mass is 386 g/mol. The summed E-state index contributed by atoms with van der Waals surface area (Å²) in [6.45, 7) is 2.54. The van der Waals surface area contributed by atoms with E-state index in [0.717, 1.165) is 46.4 Å². The predicted molar refractivity (Wildman–Crippen MR) is 119 cm³/mol.